The van der Waals surface area contributed by atoms with Gasteiger partial charge in [0.2, 0.25) is 5.91 Å². The quantitative estimate of drug-likeness (QED) is 0.722. The minimum Gasteiger partial charge on any atom is -0.312 e. The molecule has 2 aliphatic rings. The maximum atomic E-state index is 12.6. The van der Waals surface area contributed by atoms with Gasteiger partial charge in [-0.25, -0.2) is 0 Å². The topological polar surface area (TPSA) is 57.7 Å². The summed E-state index contributed by atoms with van der Waals surface area (Å²) in [7, 11) is 0. The van der Waals surface area contributed by atoms with Crippen LogP contribution in [-0.2, 0) is 11.2 Å². The predicted octanol–water partition coefficient (Wildman–Crippen LogP) is 3.41. The normalized spacial score (nSPS) is 15.4. The van der Waals surface area contributed by atoms with Crippen molar-refractivity contribution in [3.05, 3.63) is 63.6 Å². The number of imide groups is 1. The largest absolute Gasteiger partial charge is 0.312 e. The number of carbonyl (C=O) groups is 3. The molecule has 2 aliphatic heterocycles. The third-order valence-corrected chi connectivity index (χ3v) is 5.38. The molecule has 6 heteroatoms. The number of benzene rings is 2. The van der Waals surface area contributed by atoms with Crippen LogP contribution in [-0.4, -0.2) is 35.7 Å². The SMILES string of the molecule is O=C1c2ccccc2C(=O)N1CCCC(=O)N1CCc2cc(Br)ccc21. The van der Waals surface area contributed by atoms with Crippen LogP contribution >= 0.6 is 15.9 Å². The van der Waals surface area contributed by atoms with E-state index in [1.807, 2.05) is 18.2 Å². The van der Waals surface area contributed by atoms with Gasteiger partial charge in [0.05, 0.1) is 11.1 Å². The zero-order chi connectivity index (χ0) is 18.3. The van der Waals surface area contributed by atoms with E-state index >= 15 is 0 Å². The number of fused-ring (bicyclic) bond motifs is 2. The average molecular weight is 413 g/mol. The molecule has 3 amide bonds. The fourth-order valence-electron chi connectivity index (χ4n) is 3.59. The Morgan fingerprint density at radius 2 is 1.73 bits per heavy atom. The minimum atomic E-state index is -0.269. The molecular weight excluding hydrogens is 396 g/mol. The van der Waals surface area contributed by atoms with Gasteiger partial charge >= 0.3 is 0 Å². The zero-order valence-electron chi connectivity index (χ0n) is 14.1. The molecule has 2 aromatic rings. The van der Waals surface area contributed by atoms with E-state index in [1.54, 1.807) is 29.2 Å². The second kappa shape index (κ2) is 6.68. The molecule has 2 aromatic carbocycles. The molecule has 0 saturated carbocycles. The van der Waals surface area contributed by atoms with Gasteiger partial charge in [0.25, 0.3) is 11.8 Å². The molecule has 0 aliphatic carbocycles. The van der Waals surface area contributed by atoms with Crippen LogP contribution in [0, 0.1) is 0 Å². The number of rotatable bonds is 4. The first-order chi connectivity index (χ1) is 12.6. The number of anilines is 1. The van der Waals surface area contributed by atoms with Gasteiger partial charge < -0.3 is 4.90 Å². The van der Waals surface area contributed by atoms with E-state index < -0.39 is 0 Å². The molecule has 0 radical (unpaired) electrons. The average Bonchev–Trinajstić information content (AvgIpc) is 3.16. The maximum absolute atomic E-state index is 12.6. The highest BCUT2D eigenvalue weighted by atomic mass is 79.9. The van der Waals surface area contributed by atoms with E-state index in [1.165, 1.54) is 4.90 Å². The van der Waals surface area contributed by atoms with Crippen LogP contribution in [0.2, 0.25) is 0 Å². The lowest BCUT2D eigenvalue weighted by atomic mass is 10.1. The molecular formula is C20H17BrN2O3. The molecule has 5 nitrogen and oxygen atoms in total. The fraction of sp³-hybridized carbons (Fsp3) is 0.250. The van der Waals surface area contributed by atoms with Crippen molar-refractivity contribution in [2.24, 2.45) is 0 Å². The summed E-state index contributed by atoms with van der Waals surface area (Å²) in [6, 6.07) is 12.8. The number of nitrogens with zero attached hydrogens (tertiary/aromatic N) is 2. The van der Waals surface area contributed by atoms with Crippen molar-refractivity contribution < 1.29 is 14.4 Å². The monoisotopic (exact) mass is 412 g/mol. The van der Waals surface area contributed by atoms with E-state index in [0.29, 0.717) is 30.5 Å². The summed E-state index contributed by atoms with van der Waals surface area (Å²) in [5, 5.41) is 0. The summed E-state index contributed by atoms with van der Waals surface area (Å²) in [5.41, 5.74) is 3.01. The van der Waals surface area contributed by atoms with Crippen molar-refractivity contribution in [1.29, 1.82) is 0 Å². The van der Waals surface area contributed by atoms with E-state index in [2.05, 4.69) is 15.9 Å². The van der Waals surface area contributed by atoms with Gasteiger partial charge in [0.15, 0.2) is 0 Å². The second-order valence-corrected chi connectivity index (χ2v) is 7.40. The summed E-state index contributed by atoms with van der Waals surface area (Å²) in [6.45, 7) is 0.941. The third kappa shape index (κ3) is 2.84. The maximum Gasteiger partial charge on any atom is 0.261 e. The molecule has 0 saturated heterocycles. The van der Waals surface area contributed by atoms with Crippen molar-refractivity contribution in [3.8, 4) is 0 Å². The van der Waals surface area contributed by atoms with Crippen LogP contribution in [0.3, 0.4) is 0 Å². The Bertz CT molecular complexity index is 890. The summed E-state index contributed by atoms with van der Waals surface area (Å²) >= 11 is 3.45. The molecule has 4 rings (SSSR count). The van der Waals surface area contributed by atoms with Gasteiger partial charge in [-0.3, -0.25) is 19.3 Å². The van der Waals surface area contributed by atoms with E-state index in [4.69, 9.17) is 0 Å². The molecule has 0 fully saturated rings. The van der Waals surface area contributed by atoms with E-state index in [9.17, 15) is 14.4 Å². The first-order valence-electron chi connectivity index (χ1n) is 8.60. The molecule has 0 bridgehead atoms. The Kier molecular flexibility index (Phi) is 4.36. The summed E-state index contributed by atoms with van der Waals surface area (Å²) in [5.74, 6) is -0.508. The van der Waals surface area contributed by atoms with Crippen LogP contribution in [0.5, 0.6) is 0 Å². The van der Waals surface area contributed by atoms with Gasteiger partial charge in [0.1, 0.15) is 0 Å². The van der Waals surface area contributed by atoms with Crippen LogP contribution in [0.15, 0.2) is 46.9 Å². The lowest BCUT2D eigenvalue weighted by molar-refractivity contribution is -0.118. The predicted molar refractivity (Wildman–Crippen MR) is 101 cm³/mol. The molecule has 0 spiro atoms. The van der Waals surface area contributed by atoms with Gasteiger partial charge in [0, 0.05) is 29.7 Å². The Morgan fingerprint density at radius 3 is 2.42 bits per heavy atom. The highest BCUT2D eigenvalue weighted by molar-refractivity contribution is 9.10. The molecule has 132 valence electrons. The lowest BCUT2D eigenvalue weighted by Crippen LogP contribution is -2.33. The summed E-state index contributed by atoms with van der Waals surface area (Å²) in [6.07, 6.45) is 1.62. The van der Waals surface area contributed by atoms with Crippen molar-refractivity contribution in [3.63, 3.8) is 0 Å². The Labute approximate surface area is 159 Å². The van der Waals surface area contributed by atoms with Crippen molar-refractivity contribution >= 4 is 39.3 Å². The first-order valence-corrected chi connectivity index (χ1v) is 9.39. The van der Waals surface area contributed by atoms with Gasteiger partial charge in [-0.05, 0) is 48.7 Å². The van der Waals surface area contributed by atoms with Crippen LogP contribution in [0.1, 0.15) is 39.1 Å². The summed E-state index contributed by atoms with van der Waals surface area (Å²) in [4.78, 5) is 40.3. The van der Waals surface area contributed by atoms with Gasteiger partial charge in [-0.2, -0.15) is 0 Å². The van der Waals surface area contributed by atoms with E-state index in [-0.39, 0.29) is 24.3 Å². The Balaban J connectivity index is 1.37. The summed E-state index contributed by atoms with van der Waals surface area (Å²) < 4.78 is 1.01. The van der Waals surface area contributed by atoms with Crippen molar-refractivity contribution in [2.75, 3.05) is 18.0 Å². The number of hydrogen-bond donors (Lipinski definition) is 0. The second-order valence-electron chi connectivity index (χ2n) is 6.48. The Hall–Kier alpha value is -2.47. The van der Waals surface area contributed by atoms with Crippen molar-refractivity contribution in [1.82, 2.24) is 4.90 Å². The van der Waals surface area contributed by atoms with Crippen LogP contribution in [0.25, 0.3) is 0 Å². The molecule has 0 unspecified atom stereocenters. The van der Waals surface area contributed by atoms with Gasteiger partial charge in [-0.15, -0.1) is 0 Å². The van der Waals surface area contributed by atoms with Crippen molar-refractivity contribution in [2.45, 2.75) is 19.3 Å². The number of amides is 3. The standard InChI is InChI=1S/C20H17BrN2O3/c21-14-7-8-17-13(12-14)9-11-22(17)18(24)6-3-10-23-19(25)15-4-1-2-5-16(15)20(23)26/h1-2,4-5,7-8,12H,3,6,9-11H2. The fourth-order valence-corrected chi connectivity index (χ4v) is 4.00. The van der Waals surface area contributed by atoms with Crippen LogP contribution in [0.4, 0.5) is 5.69 Å². The van der Waals surface area contributed by atoms with Gasteiger partial charge in [-0.1, -0.05) is 28.1 Å². The molecule has 2 heterocycles. The zero-order valence-corrected chi connectivity index (χ0v) is 15.7. The minimum absolute atomic E-state index is 0.0303. The van der Waals surface area contributed by atoms with Crippen LogP contribution < -0.4 is 4.90 Å². The number of halogens is 1. The van der Waals surface area contributed by atoms with E-state index in [0.717, 1.165) is 22.1 Å². The highest BCUT2D eigenvalue weighted by Crippen LogP contribution is 2.31. The third-order valence-electron chi connectivity index (χ3n) is 4.89. The molecule has 0 aromatic heterocycles. The first kappa shape index (κ1) is 17.0. The molecule has 26 heavy (non-hydrogen) atoms. The lowest BCUT2D eigenvalue weighted by Gasteiger charge is -2.18. The number of carbonyl (C=O) groups excluding carboxylic acids is 3. The smallest absolute Gasteiger partial charge is 0.261 e. The molecule has 0 N–H and O–H groups in total. The molecule has 0 atom stereocenters. The Morgan fingerprint density at radius 1 is 1.04 bits per heavy atom. The number of hydrogen-bond acceptors (Lipinski definition) is 3. The highest BCUT2D eigenvalue weighted by Gasteiger charge is 2.34.